The fraction of sp³-hybridized carbons (Fsp3) is 0.429. The van der Waals surface area contributed by atoms with Gasteiger partial charge in [-0.3, -0.25) is 0 Å². The Morgan fingerprint density at radius 3 is 2.50 bits per heavy atom. The number of nitrogens with one attached hydrogen (secondary N) is 1. The van der Waals surface area contributed by atoms with E-state index in [-0.39, 0.29) is 0 Å². The summed E-state index contributed by atoms with van der Waals surface area (Å²) in [5.41, 5.74) is 1.22. The summed E-state index contributed by atoms with van der Waals surface area (Å²) < 4.78 is 0. The van der Waals surface area contributed by atoms with E-state index >= 15 is 0 Å². The first kappa shape index (κ1) is 13.0. The second-order valence-corrected chi connectivity index (χ2v) is 10.4. The van der Waals surface area contributed by atoms with E-state index < -0.39 is 8.07 Å². The number of hydrogen-bond acceptors (Lipinski definition) is 1. The molecule has 1 aromatic rings. The van der Waals surface area contributed by atoms with Gasteiger partial charge in [0.2, 0.25) is 0 Å². The Kier molecular flexibility index (Phi) is 4.81. The van der Waals surface area contributed by atoms with Crippen LogP contribution in [0.15, 0.2) is 43.0 Å². The average molecular weight is 233 g/mol. The van der Waals surface area contributed by atoms with Crippen LogP contribution in [0.2, 0.25) is 25.2 Å². The van der Waals surface area contributed by atoms with Gasteiger partial charge in [0.1, 0.15) is 0 Å². The molecule has 0 saturated carbocycles. The van der Waals surface area contributed by atoms with E-state index in [9.17, 15) is 0 Å². The predicted octanol–water partition coefficient (Wildman–Crippen LogP) is 4.38. The van der Waals surface area contributed by atoms with E-state index in [1.54, 1.807) is 0 Å². The maximum atomic E-state index is 3.85. The lowest BCUT2D eigenvalue weighted by molar-refractivity contribution is 0.874. The normalized spacial score (nSPS) is 13.2. The molecule has 1 rings (SSSR count). The van der Waals surface area contributed by atoms with Crippen molar-refractivity contribution in [1.82, 2.24) is 0 Å². The zero-order valence-electron chi connectivity index (χ0n) is 10.7. The fourth-order valence-corrected chi connectivity index (χ4v) is 4.88. The largest absolute Gasteiger partial charge is 0.383 e. The Bertz CT molecular complexity index is 319. The van der Waals surface area contributed by atoms with Crippen molar-refractivity contribution >= 4 is 13.8 Å². The molecule has 1 N–H and O–H groups in total. The third-order valence-corrected chi connectivity index (χ3v) is 5.85. The Hall–Kier alpha value is -1.02. The first-order valence-corrected chi connectivity index (χ1v) is 9.37. The summed E-state index contributed by atoms with van der Waals surface area (Å²) in [4.78, 5) is 0. The van der Waals surface area contributed by atoms with Crippen LogP contribution in [-0.2, 0) is 0 Å². The van der Waals surface area contributed by atoms with E-state index in [0.29, 0.717) is 6.04 Å². The third kappa shape index (κ3) is 4.66. The third-order valence-electron chi connectivity index (χ3n) is 2.74. The van der Waals surface area contributed by atoms with Crippen LogP contribution in [0.4, 0.5) is 5.69 Å². The molecule has 0 spiro atoms. The number of allylic oxidation sites excluding steroid dienone is 1. The van der Waals surface area contributed by atoms with E-state index in [1.807, 2.05) is 6.07 Å². The van der Waals surface area contributed by atoms with Crippen LogP contribution in [0.25, 0.3) is 0 Å². The molecule has 1 unspecified atom stereocenters. The van der Waals surface area contributed by atoms with Gasteiger partial charge < -0.3 is 5.32 Å². The second-order valence-electron chi connectivity index (χ2n) is 5.27. The number of hydrogen-bond donors (Lipinski definition) is 1. The number of benzene rings is 1. The zero-order valence-corrected chi connectivity index (χ0v) is 11.7. The van der Waals surface area contributed by atoms with Crippen LogP contribution in [-0.4, -0.2) is 14.1 Å². The molecule has 0 aliphatic rings. The summed E-state index contributed by atoms with van der Waals surface area (Å²) in [7, 11) is -1.10. The molecule has 0 heterocycles. The molecule has 0 aromatic heterocycles. The molecule has 0 saturated heterocycles. The Labute approximate surface area is 101 Å². The minimum atomic E-state index is -1.10. The molecule has 0 radical (unpaired) electrons. The van der Waals surface area contributed by atoms with Crippen LogP contribution < -0.4 is 5.32 Å². The lowest BCUT2D eigenvalue weighted by atomic mass is 10.3. The van der Waals surface area contributed by atoms with Gasteiger partial charge in [-0.1, -0.05) is 37.4 Å². The number of rotatable bonds is 6. The molecular weight excluding hydrogens is 210 g/mol. The fourth-order valence-electron chi connectivity index (χ4n) is 2.17. The molecule has 88 valence electrons. The average Bonchev–Trinajstić information content (AvgIpc) is 2.17. The van der Waals surface area contributed by atoms with Gasteiger partial charge in [0.05, 0.1) is 8.07 Å². The molecule has 1 nitrogen and oxygen atoms in total. The first-order valence-electron chi connectivity index (χ1n) is 5.96. The highest BCUT2D eigenvalue weighted by molar-refractivity contribution is 6.77. The van der Waals surface area contributed by atoms with Gasteiger partial charge in [0.25, 0.3) is 0 Å². The molecule has 16 heavy (non-hydrogen) atoms. The molecule has 0 aliphatic heterocycles. The molecule has 0 aliphatic carbocycles. The van der Waals surface area contributed by atoms with Crippen molar-refractivity contribution in [2.75, 3.05) is 5.32 Å². The Balaban J connectivity index is 2.47. The molecule has 1 atom stereocenters. The van der Waals surface area contributed by atoms with Crippen LogP contribution >= 0.6 is 0 Å². The van der Waals surface area contributed by atoms with E-state index in [2.05, 4.69) is 62.3 Å². The van der Waals surface area contributed by atoms with Gasteiger partial charge in [0.15, 0.2) is 0 Å². The lowest BCUT2D eigenvalue weighted by Gasteiger charge is -2.26. The quantitative estimate of drug-likeness (QED) is 0.568. The van der Waals surface area contributed by atoms with E-state index in [1.165, 1.54) is 17.8 Å². The summed E-state index contributed by atoms with van der Waals surface area (Å²) in [6.45, 7) is 11.0. The van der Waals surface area contributed by atoms with Gasteiger partial charge >= 0.3 is 0 Å². The summed E-state index contributed by atoms with van der Waals surface area (Å²) in [5.74, 6) is 0. The van der Waals surface area contributed by atoms with Crippen molar-refractivity contribution in [3.63, 3.8) is 0 Å². The predicted molar refractivity (Wildman–Crippen MR) is 76.8 cm³/mol. The maximum Gasteiger partial charge on any atom is 0.0531 e. The van der Waals surface area contributed by atoms with Gasteiger partial charge in [-0.25, -0.2) is 0 Å². The van der Waals surface area contributed by atoms with Gasteiger partial charge in [-0.05, 0) is 31.1 Å². The number of anilines is 1. The molecule has 0 fully saturated rings. The summed E-state index contributed by atoms with van der Waals surface area (Å²) in [6, 6.07) is 13.5. The molecule has 0 amide bonds. The Morgan fingerprint density at radius 1 is 1.31 bits per heavy atom. The number of para-hydroxylation sites is 1. The topological polar surface area (TPSA) is 12.0 Å². The van der Waals surface area contributed by atoms with Crippen LogP contribution in [0, 0.1) is 0 Å². The minimum absolute atomic E-state index is 0.545. The van der Waals surface area contributed by atoms with Crippen molar-refractivity contribution in [3.05, 3.63) is 43.0 Å². The van der Waals surface area contributed by atoms with Crippen LogP contribution in [0.5, 0.6) is 0 Å². The molecule has 1 aromatic carbocycles. The summed E-state index contributed by atoms with van der Waals surface area (Å²) in [6.07, 6.45) is 2.07. The van der Waals surface area contributed by atoms with E-state index in [0.717, 1.165) is 0 Å². The lowest BCUT2D eigenvalue weighted by Crippen LogP contribution is -2.32. The van der Waals surface area contributed by atoms with Crippen molar-refractivity contribution in [3.8, 4) is 0 Å². The minimum Gasteiger partial charge on any atom is -0.383 e. The zero-order chi connectivity index (χ0) is 12.0. The Morgan fingerprint density at radius 2 is 1.94 bits per heavy atom. The molecule has 0 bridgehead atoms. The molecular formula is C14H23NSi. The van der Waals surface area contributed by atoms with Gasteiger partial charge in [-0.15, -0.1) is 6.58 Å². The second kappa shape index (κ2) is 5.90. The highest BCUT2D eigenvalue weighted by Gasteiger charge is 2.21. The van der Waals surface area contributed by atoms with Crippen molar-refractivity contribution in [2.24, 2.45) is 0 Å². The van der Waals surface area contributed by atoms with Crippen molar-refractivity contribution in [1.29, 1.82) is 0 Å². The van der Waals surface area contributed by atoms with Crippen LogP contribution in [0.3, 0.4) is 0 Å². The monoisotopic (exact) mass is 233 g/mol. The first-order chi connectivity index (χ1) is 7.53. The van der Waals surface area contributed by atoms with Crippen LogP contribution in [0.1, 0.15) is 6.92 Å². The van der Waals surface area contributed by atoms with Crippen molar-refractivity contribution in [2.45, 2.75) is 38.1 Å². The maximum absolute atomic E-state index is 3.85. The van der Waals surface area contributed by atoms with Crippen molar-refractivity contribution < 1.29 is 0 Å². The van der Waals surface area contributed by atoms with E-state index in [4.69, 9.17) is 0 Å². The standard InChI is InChI=1S/C14H23NSi/c1-5-11-16(3,4)12-13(2)15-14-9-7-6-8-10-14/h5-10,13,15H,1,11-12H2,2-4H3. The van der Waals surface area contributed by atoms with Gasteiger partial charge in [0, 0.05) is 11.7 Å². The SMILES string of the molecule is C=CC[Si](C)(C)CC(C)Nc1ccccc1. The van der Waals surface area contributed by atoms with Gasteiger partial charge in [-0.2, -0.15) is 0 Å². The smallest absolute Gasteiger partial charge is 0.0531 e. The highest BCUT2D eigenvalue weighted by Crippen LogP contribution is 2.20. The highest BCUT2D eigenvalue weighted by atomic mass is 28.3. The summed E-state index contributed by atoms with van der Waals surface area (Å²) in [5, 5.41) is 3.56. The molecule has 2 heteroatoms. The summed E-state index contributed by atoms with van der Waals surface area (Å²) >= 11 is 0.